The minimum atomic E-state index is -4.86. The molecule has 3 aromatic rings. The summed E-state index contributed by atoms with van der Waals surface area (Å²) in [5, 5.41) is 15.3. The molecule has 2 aliphatic rings. The van der Waals surface area contributed by atoms with Crippen molar-refractivity contribution < 1.29 is 40.6 Å². The molecule has 0 radical (unpaired) electrons. The Hall–Kier alpha value is -3.93. The summed E-state index contributed by atoms with van der Waals surface area (Å²) in [5.41, 5.74) is -0.959. The number of anilines is 1. The van der Waals surface area contributed by atoms with Crippen molar-refractivity contribution in [3.05, 3.63) is 64.0 Å². The highest BCUT2D eigenvalue weighted by Crippen LogP contribution is 2.36. The van der Waals surface area contributed by atoms with Gasteiger partial charge in [0.25, 0.3) is 5.69 Å². The molecule has 224 valence electrons. The van der Waals surface area contributed by atoms with Gasteiger partial charge < -0.3 is 14.2 Å². The summed E-state index contributed by atoms with van der Waals surface area (Å²) in [6.07, 6.45) is -5.37. The van der Waals surface area contributed by atoms with Crippen molar-refractivity contribution in [2.75, 3.05) is 44.2 Å². The number of aryl methyl sites for hydroxylation is 1. The third kappa shape index (κ3) is 5.99. The second-order valence-corrected chi connectivity index (χ2v) is 11.7. The van der Waals surface area contributed by atoms with Crippen molar-refractivity contribution in [3.63, 3.8) is 0 Å². The molecule has 2 fully saturated rings. The molecule has 2 atom stereocenters. The van der Waals surface area contributed by atoms with E-state index in [9.17, 15) is 36.5 Å². The third-order valence-corrected chi connectivity index (χ3v) is 8.98. The van der Waals surface area contributed by atoms with Crippen LogP contribution in [0.2, 0.25) is 0 Å². The minimum Gasteiger partial charge on any atom is -0.345 e. The van der Waals surface area contributed by atoms with Gasteiger partial charge in [0.1, 0.15) is 0 Å². The fraction of sp³-hybridized carbons (Fsp3) is 0.400. The Labute approximate surface area is 237 Å². The van der Waals surface area contributed by atoms with Gasteiger partial charge in [-0.25, -0.2) is 8.42 Å². The van der Waals surface area contributed by atoms with Crippen LogP contribution in [0.25, 0.3) is 11.4 Å². The first-order valence-corrected chi connectivity index (χ1v) is 14.2. The standard InChI is InChI=1S/C25H25F3N6O7S/c1-16-29-24(30-41-16)17-2-5-19(6-3-17)33-14-20(40-23(33)15-35)13-31-8-10-32(11-9-31)42(38,39)22-7-4-18(25(26,27)28)12-21(22)34(36)37/h2-7,12,15,20,23H,8-11,13-14H2,1H3. The van der Waals surface area contributed by atoms with E-state index in [4.69, 9.17) is 9.26 Å². The predicted molar refractivity (Wildman–Crippen MR) is 140 cm³/mol. The Bertz CT molecular complexity index is 1570. The van der Waals surface area contributed by atoms with E-state index in [1.807, 2.05) is 17.0 Å². The second-order valence-electron chi connectivity index (χ2n) is 9.76. The van der Waals surface area contributed by atoms with Gasteiger partial charge >= 0.3 is 6.18 Å². The zero-order valence-corrected chi connectivity index (χ0v) is 22.9. The molecular formula is C25H25F3N6O7S. The highest BCUT2D eigenvalue weighted by atomic mass is 32.2. The van der Waals surface area contributed by atoms with Crippen LogP contribution < -0.4 is 4.90 Å². The number of rotatable bonds is 8. The molecule has 2 unspecified atom stereocenters. The van der Waals surface area contributed by atoms with Gasteiger partial charge in [0.2, 0.25) is 21.7 Å². The SMILES string of the molecule is Cc1nc(-c2ccc(N3CC(CN4CCN(S(=O)(=O)c5ccc(C(F)(F)F)cc5[N+](=O)[O-])CC4)OC3C=O)cc2)no1. The lowest BCUT2D eigenvalue weighted by Gasteiger charge is -2.34. The quantitative estimate of drug-likeness (QED) is 0.210. The van der Waals surface area contributed by atoms with Crippen molar-refractivity contribution in [3.8, 4) is 11.4 Å². The number of nitrogens with zero attached hydrogens (tertiary/aromatic N) is 6. The third-order valence-electron chi connectivity index (χ3n) is 7.03. The molecule has 5 rings (SSSR count). The van der Waals surface area contributed by atoms with E-state index in [0.717, 1.165) is 15.6 Å². The maximum Gasteiger partial charge on any atom is 0.416 e. The number of aromatic nitrogens is 2. The number of alkyl halides is 3. The largest absolute Gasteiger partial charge is 0.416 e. The molecule has 42 heavy (non-hydrogen) atoms. The Morgan fingerprint density at radius 2 is 1.81 bits per heavy atom. The van der Waals surface area contributed by atoms with Crippen LogP contribution in [-0.4, -0.2) is 90.6 Å². The van der Waals surface area contributed by atoms with Gasteiger partial charge in [-0.15, -0.1) is 0 Å². The number of carbonyl (C=O) groups excluding carboxylic acids is 1. The number of sulfonamides is 1. The van der Waals surface area contributed by atoms with Crippen LogP contribution in [-0.2, 0) is 25.7 Å². The molecule has 0 N–H and O–H groups in total. The number of benzene rings is 2. The highest BCUT2D eigenvalue weighted by molar-refractivity contribution is 7.89. The van der Waals surface area contributed by atoms with Crippen molar-refractivity contribution >= 4 is 27.7 Å². The Balaban J connectivity index is 1.21. The predicted octanol–water partition coefficient (Wildman–Crippen LogP) is 2.71. The molecule has 17 heteroatoms. The fourth-order valence-corrected chi connectivity index (χ4v) is 6.51. The summed E-state index contributed by atoms with van der Waals surface area (Å²) in [7, 11) is -4.43. The summed E-state index contributed by atoms with van der Waals surface area (Å²) in [5.74, 6) is 0.876. The van der Waals surface area contributed by atoms with Crippen molar-refractivity contribution in [2.24, 2.45) is 0 Å². The lowest BCUT2D eigenvalue weighted by atomic mass is 10.1. The normalized spacial score (nSPS) is 20.6. The maximum absolute atomic E-state index is 13.2. The molecule has 13 nitrogen and oxygen atoms in total. The van der Waals surface area contributed by atoms with Crippen LogP contribution >= 0.6 is 0 Å². The number of hydrogen-bond donors (Lipinski definition) is 0. The first kappa shape index (κ1) is 29.6. The van der Waals surface area contributed by atoms with Crippen molar-refractivity contribution in [2.45, 2.75) is 30.3 Å². The molecule has 0 spiro atoms. The summed E-state index contributed by atoms with van der Waals surface area (Å²) >= 11 is 0. The molecule has 2 saturated heterocycles. The molecule has 0 bridgehead atoms. The number of carbonyl (C=O) groups is 1. The molecule has 2 aliphatic heterocycles. The average molecular weight is 611 g/mol. The zero-order valence-electron chi connectivity index (χ0n) is 22.1. The Morgan fingerprint density at radius 3 is 2.38 bits per heavy atom. The first-order valence-electron chi connectivity index (χ1n) is 12.7. The van der Waals surface area contributed by atoms with Gasteiger partial charge in [0.15, 0.2) is 17.4 Å². The van der Waals surface area contributed by atoms with Gasteiger partial charge in [-0.3, -0.25) is 19.8 Å². The van der Waals surface area contributed by atoms with E-state index in [-0.39, 0.29) is 38.3 Å². The first-order chi connectivity index (χ1) is 19.9. The van der Waals surface area contributed by atoms with E-state index in [1.54, 1.807) is 24.0 Å². The Morgan fingerprint density at radius 1 is 1.12 bits per heavy atom. The number of hydrogen-bond acceptors (Lipinski definition) is 11. The lowest BCUT2D eigenvalue weighted by molar-refractivity contribution is -0.388. The van der Waals surface area contributed by atoms with E-state index in [0.29, 0.717) is 43.2 Å². The van der Waals surface area contributed by atoms with Gasteiger partial charge in [-0.2, -0.15) is 22.5 Å². The van der Waals surface area contributed by atoms with Crippen molar-refractivity contribution in [1.82, 2.24) is 19.3 Å². The minimum absolute atomic E-state index is 0.0366. The summed E-state index contributed by atoms with van der Waals surface area (Å²) in [6, 6.07) is 8.60. The van der Waals surface area contributed by atoms with Crippen LogP contribution in [0.3, 0.4) is 0 Å². The molecule has 2 aromatic carbocycles. The monoisotopic (exact) mass is 610 g/mol. The van der Waals surface area contributed by atoms with Gasteiger partial charge in [0.05, 0.1) is 16.6 Å². The van der Waals surface area contributed by atoms with Crippen LogP contribution in [0.15, 0.2) is 51.9 Å². The van der Waals surface area contributed by atoms with E-state index >= 15 is 0 Å². The van der Waals surface area contributed by atoms with E-state index in [1.165, 1.54) is 0 Å². The molecule has 3 heterocycles. The van der Waals surface area contributed by atoms with Gasteiger partial charge in [-0.1, -0.05) is 5.16 Å². The van der Waals surface area contributed by atoms with E-state index < -0.39 is 43.5 Å². The number of ether oxygens (including phenoxy) is 1. The molecule has 0 saturated carbocycles. The summed E-state index contributed by atoms with van der Waals surface area (Å²) in [4.78, 5) is 29.2. The van der Waals surface area contributed by atoms with Crippen LogP contribution in [0.5, 0.6) is 0 Å². The number of nitro groups is 1. The number of halogens is 3. The van der Waals surface area contributed by atoms with Gasteiger partial charge in [0, 0.05) is 63.5 Å². The fourth-order valence-electron chi connectivity index (χ4n) is 4.95. The zero-order chi connectivity index (χ0) is 30.2. The summed E-state index contributed by atoms with van der Waals surface area (Å²) < 4.78 is 77.4. The second kappa shape index (κ2) is 11.4. The smallest absolute Gasteiger partial charge is 0.345 e. The number of nitro benzene ring substituents is 1. The molecule has 1 aromatic heterocycles. The summed E-state index contributed by atoms with van der Waals surface area (Å²) in [6.45, 7) is 2.88. The lowest BCUT2D eigenvalue weighted by Crippen LogP contribution is -2.50. The Kier molecular flexibility index (Phi) is 8.02. The van der Waals surface area contributed by atoms with Gasteiger partial charge in [-0.05, 0) is 36.4 Å². The van der Waals surface area contributed by atoms with Crippen LogP contribution in [0.4, 0.5) is 24.5 Å². The average Bonchev–Trinajstić information content (AvgIpc) is 3.58. The van der Waals surface area contributed by atoms with E-state index in [2.05, 4.69) is 10.1 Å². The number of piperazine rings is 1. The van der Waals surface area contributed by atoms with Crippen LogP contribution in [0, 0.1) is 17.0 Å². The molecular weight excluding hydrogens is 585 g/mol. The highest BCUT2D eigenvalue weighted by Gasteiger charge is 2.39. The maximum atomic E-state index is 13.2. The van der Waals surface area contributed by atoms with Crippen LogP contribution in [0.1, 0.15) is 11.5 Å². The topological polar surface area (TPSA) is 152 Å². The molecule has 0 aliphatic carbocycles. The number of aldehydes is 1. The molecule has 0 amide bonds. The van der Waals surface area contributed by atoms with Crippen molar-refractivity contribution in [1.29, 1.82) is 0 Å².